The maximum Gasteiger partial charge on any atom is 0.244 e. The molecule has 0 aliphatic heterocycles. The highest BCUT2D eigenvalue weighted by Gasteiger charge is 2.14. The molecule has 24 heavy (non-hydrogen) atoms. The van der Waals surface area contributed by atoms with Gasteiger partial charge in [0.25, 0.3) is 0 Å². The van der Waals surface area contributed by atoms with Crippen molar-refractivity contribution in [2.45, 2.75) is 38.1 Å². The van der Waals surface area contributed by atoms with Crippen LogP contribution in [0.15, 0.2) is 42.7 Å². The van der Waals surface area contributed by atoms with Crippen molar-refractivity contribution in [3.8, 4) is 0 Å². The third kappa shape index (κ3) is 3.27. The SMILES string of the molecule is c1cnc2c(Nc3cnnc(NC4CCCCC4)n3)cccc2c1. The number of anilines is 3. The molecular formula is C18H20N6. The number of rotatable bonds is 4. The van der Waals surface area contributed by atoms with Crippen LogP contribution in [0.4, 0.5) is 17.5 Å². The third-order valence-corrected chi connectivity index (χ3v) is 4.39. The molecule has 4 rings (SSSR count). The lowest BCUT2D eigenvalue weighted by Gasteiger charge is -2.22. The number of nitrogens with zero attached hydrogens (tertiary/aromatic N) is 4. The molecule has 1 aromatic carbocycles. The van der Waals surface area contributed by atoms with Crippen LogP contribution in [0.25, 0.3) is 10.9 Å². The summed E-state index contributed by atoms with van der Waals surface area (Å²) in [6.07, 6.45) is 9.64. The zero-order chi connectivity index (χ0) is 16.2. The molecule has 2 heterocycles. The summed E-state index contributed by atoms with van der Waals surface area (Å²) < 4.78 is 0. The number of hydrogen-bond acceptors (Lipinski definition) is 6. The molecule has 2 N–H and O–H groups in total. The molecule has 1 fully saturated rings. The van der Waals surface area contributed by atoms with Crippen LogP contribution in [-0.4, -0.2) is 26.2 Å². The van der Waals surface area contributed by atoms with Gasteiger partial charge in [0.2, 0.25) is 5.95 Å². The van der Waals surface area contributed by atoms with Crippen LogP contribution in [-0.2, 0) is 0 Å². The van der Waals surface area contributed by atoms with E-state index in [1.807, 2.05) is 30.3 Å². The van der Waals surface area contributed by atoms with Gasteiger partial charge in [0.05, 0.1) is 17.4 Å². The molecule has 6 heteroatoms. The van der Waals surface area contributed by atoms with E-state index in [9.17, 15) is 0 Å². The predicted molar refractivity (Wildman–Crippen MR) is 95.3 cm³/mol. The highest BCUT2D eigenvalue weighted by Crippen LogP contribution is 2.24. The fourth-order valence-electron chi connectivity index (χ4n) is 3.20. The number of fused-ring (bicyclic) bond motifs is 1. The molecule has 3 aromatic rings. The van der Waals surface area contributed by atoms with Crippen LogP contribution in [0, 0.1) is 0 Å². The average Bonchev–Trinajstić information content (AvgIpc) is 2.63. The van der Waals surface area contributed by atoms with Gasteiger partial charge in [0.15, 0.2) is 5.82 Å². The normalized spacial score (nSPS) is 15.3. The van der Waals surface area contributed by atoms with E-state index in [1.165, 1.54) is 32.1 Å². The lowest BCUT2D eigenvalue weighted by Crippen LogP contribution is -2.23. The van der Waals surface area contributed by atoms with E-state index in [1.54, 1.807) is 12.4 Å². The smallest absolute Gasteiger partial charge is 0.244 e. The third-order valence-electron chi connectivity index (χ3n) is 4.39. The monoisotopic (exact) mass is 320 g/mol. The molecule has 0 unspecified atom stereocenters. The average molecular weight is 320 g/mol. The van der Waals surface area contributed by atoms with Crippen LogP contribution in [0.1, 0.15) is 32.1 Å². The molecule has 0 radical (unpaired) electrons. The molecule has 0 amide bonds. The zero-order valence-corrected chi connectivity index (χ0v) is 13.4. The Labute approximate surface area is 140 Å². The van der Waals surface area contributed by atoms with Gasteiger partial charge in [-0.05, 0) is 25.0 Å². The van der Waals surface area contributed by atoms with Crippen LogP contribution in [0.5, 0.6) is 0 Å². The van der Waals surface area contributed by atoms with Gasteiger partial charge >= 0.3 is 0 Å². The Kier molecular flexibility index (Phi) is 4.18. The van der Waals surface area contributed by atoms with Crippen LogP contribution in [0.2, 0.25) is 0 Å². The summed E-state index contributed by atoms with van der Waals surface area (Å²) in [5.74, 6) is 1.25. The molecule has 2 aromatic heterocycles. The second-order valence-corrected chi connectivity index (χ2v) is 6.15. The zero-order valence-electron chi connectivity index (χ0n) is 13.4. The molecule has 1 saturated carbocycles. The van der Waals surface area contributed by atoms with Gasteiger partial charge in [-0.25, -0.2) is 0 Å². The molecule has 0 atom stereocenters. The second-order valence-electron chi connectivity index (χ2n) is 6.15. The van der Waals surface area contributed by atoms with Crippen molar-refractivity contribution in [3.05, 3.63) is 42.7 Å². The molecule has 0 bridgehead atoms. The summed E-state index contributed by atoms with van der Waals surface area (Å²) >= 11 is 0. The first-order valence-electron chi connectivity index (χ1n) is 8.45. The first kappa shape index (κ1) is 14.8. The summed E-state index contributed by atoms with van der Waals surface area (Å²) in [4.78, 5) is 9.00. The highest BCUT2D eigenvalue weighted by atomic mass is 15.3. The van der Waals surface area contributed by atoms with E-state index >= 15 is 0 Å². The van der Waals surface area contributed by atoms with Crippen molar-refractivity contribution >= 4 is 28.4 Å². The fourth-order valence-corrected chi connectivity index (χ4v) is 3.20. The predicted octanol–water partition coefficient (Wildman–Crippen LogP) is 3.91. The summed E-state index contributed by atoms with van der Waals surface area (Å²) in [6.45, 7) is 0. The number of aromatic nitrogens is 4. The minimum absolute atomic E-state index is 0.454. The van der Waals surface area contributed by atoms with Crippen molar-refractivity contribution in [2.75, 3.05) is 10.6 Å². The quantitative estimate of drug-likeness (QED) is 0.759. The van der Waals surface area contributed by atoms with Crippen molar-refractivity contribution in [3.63, 3.8) is 0 Å². The van der Waals surface area contributed by atoms with Crippen LogP contribution >= 0.6 is 0 Å². The van der Waals surface area contributed by atoms with Gasteiger partial charge in [-0.15, -0.1) is 5.10 Å². The Morgan fingerprint density at radius 2 is 1.88 bits per heavy atom. The molecule has 1 aliphatic carbocycles. The standard InChI is InChI=1S/C18H20N6/c1-2-8-14(9-3-1)21-18-23-16(12-20-24-18)22-15-10-4-6-13-7-5-11-19-17(13)15/h4-7,10-12,14H,1-3,8-9H2,(H2,21,22,23,24). The maximum absolute atomic E-state index is 4.55. The lowest BCUT2D eigenvalue weighted by molar-refractivity contribution is 0.460. The largest absolute Gasteiger partial charge is 0.350 e. The van der Waals surface area contributed by atoms with Gasteiger partial charge in [-0.1, -0.05) is 37.5 Å². The van der Waals surface area contributed by atoms with Gasteiger partial charge < -0.3 is 10.6 Å². The van der Waals surface area contributed by atoms with E-state index in [-0.39, 0.29) is 0 Å². The Hall–Kier alpha value is -2.76. The Morgan fingerprint density at radius 3 is 2.79 bits per heavy atom. The van der Waals surface area contributed by atoms with E-state index in [0.29, 0.717) is 17.8 Å². The topological polar surface area (TPSA) is 75.6 Å². The van der Waals surface area contributed by atoms with Gasteiger partial charge in [-0.3, -0.25) is 4.98 Å². The lowest BCUT2D eigenvalue weighted by atomic mass is 9.96. The summed E-state index contributed by atoms with van der Waals surface area (Å²) in [5, 5.41) is 16.0. The summed E-state index contributed by atoms with van der Waals surface area (Å²) in [6, 6.07) is 10.5. The molecule has 6 nitrogen and oxygen atoms in total. The summed E-state index contributed by atoms with van der Waals surface area (Å²) in [5.41, 5.74) is 1.83. The summed E-state index contributed by atoms with van der Waals surface area (Å²) in [7, 11) is 0. The Balaban J connectivity index is 1.55. The van der Waals surface area contributed by atoms with E-state index in [4.69, 9.17) is 0 Å². The Bertz CT molecular complexity index is 823. The fraction of sp³-hybridized carbons (Fsp3) is 0.333. The van der Waals surface area contributed by atoms with E-state index in [2.05, 4.69) is 30.8 Å². The molecular weight excluding hydrogens is 300 g/mol. The van der Waals surface area contributed by atoms with Crippen molar-refractivity contribution in [2.24, 2.45) is 0 Å². The van der Waals surface area contributed by atoms with Gasteiger partial charge in [0.1, 0.15) is 0 Å². The van der Waals surface area contributed by atoms with Gasteiger partial charge in [0, 0.05) is 17.6 Å². The minimum Gasteiger partial charge on any atom is -0.350 e. The molecule has 0 spiro atoms. The number of para-hydroxylation sites is 1. The van der Waals surface area contributed by atoms with Gasteiger partial charge in [-0.2, -0.15) is 10.1 Å². The van der Waals surface area contributed by atoms with Crippen molar-refractivity contribution in [1.29, 1.82) is 0 Å². The van der Waals surface area contributed by atoms with Crippen LogP contribution < -0.4 is 10.6 Å². The first-order chi connectivity index (χ1) is 11.9. The Morgan fingerprint density at radius 1 is 1.00 bits per heavy atom. The number of pyridine rings is 1. The number of hydrogen-bond donors (Lipinski definition) is 2. The minimum atomic E-state index is 0.454. The van der Waals surface area contributed by atoms with Crippen molar-refractivity contribution < 1.29 is 0 Å². The van der Waals surface area contributed by atoms with E-state index < -0.39 is 0 Å². The molecule has 0 saturated heterocycles. The highest BCUT2D eigenvalue weighted by molar-refractivity contribution is 5.91. The first-order valence-corrected chi connectivity index (χ1v) is 8.45. The second kappa shape index (κ2) is 6.78. The van der Waals surface area contributed by atoms with Crippen LogP contribution in [0.3, 0.4) is 0 Å². The molecule has 1 aliphatic rings. The number of benzene rings is 1. The molecule has 122 valence electrons. The van der Waals surface area contributed by atoms with E-state index in [0.717, 1.165) is 16.6 Å². The van der Waals surface area contributed by atoms with Crippen molar-refractivity contribution in [1.82, 2.24) is 20.2 Å². The number of nitrogens with one attached hydrogen (secondary N) is 2. The maximum atomic E-state index is 4.55.